The molecule has 1 aliphatic heterocycles. The Morgan fingerprint density at radius 3 is 2.26 bits per heavy atom. The van der Waals surface area contributed by atoms with Gasteiger partial charge in [-0.15, -0.1) is 0 Å². The maximum absolute atomic E-state index is 13.6. The molecule has 2 aromatic rings. The van der Waals surface area contributed by atoms with E-state index in [9.17, 15) is 27.6 Å². The zero-order valence-electron chi connectivity index (χ0n) is 22.9. The van der Waals surface area contributed by atoms with Crippen LogP contribution in [0.3, 0.4) is 0 Å². The van der Waals surface area contributed by atoms with Crippen molar-refractivity contribution in [3.8, 4) is 5.75 Å². The standard InChI is InChI=1S/C27H33N3O8S/c1-17(31)38-16-30(39(6,35)36)19-9-7-18(8-10-19)13-23(32)21-14-20(29-12-11-24(33)28-26(29)34)15-22(25(21)37-5)27(2,3)4/h7-10,14-15H,11-13,16H2,1-6H3,(H,28,33,34). The fourth-order valence-corrected chi connectivity index (χ4v) is 4.88. The quantitative estimate of drug-likeness (QED) is 0.281. The maximum atomic E-state index is 13.6. The number of imide groups is 1. The van der Waals surface area contributed by atoms with Crippen LogP contribution in [0.25, 0.3) is 0 Å². The third-order valence-corrected chi connectivity index (χ3v) is 7.24. The molecule has 1 saturated heterocycles. The minimum atomic E-state index is -3.73. The lowest BCUT2D eigenvalue weighted by atomic mass is 9.83. The Morgan fingerprint density at radius 2 is 1.74 bits per heavy atom. The average molecular weight is 560 g/mol. The highest BCUT2D eigenvalue weighted by Crippen LogP contribution is 2.39. The van der Waals surface area contributed by atoms with Gasteiger partial charge in [-0.05, 0) is 35.2 Å². The third kappa shape index (κ3) is 7.14. The van der Waals surface area contributed by atoms with E-state index in [1.807, 2.05) is 20.8 Å². The van der Waals surface area contributed by atoms with Crippen molar-refractivity contribution in [1.29, 1.82) is 0 Å². The lowest BCUT2D eigenvalue weighted by Gasteiger charge is -2.30. The lowest BCUT2D eigenvalue weighted by Crippen LogP contribution is -2.49. The number of nitrogens with one attached hydrogen (secondary N) is 1. The zero-order chi connectivity index (χ0) is 29.1. The minimum absolute atomic E-state index is 0.0306. The summed E-state index contributed by atoms with van der Waals surface area (Å²) >= 11 is 0. The number of urea groups is 1. The summed E-state index contributed by atoms with van der Waals surface area (Å²) in [7, 11) is -2.25. The summed E-state index contributed by atoms with van der Waals surface area (Å²) in [5.74, 6) is -0.862. The molecule has 210 valence electrons. The number of esters is 1. The van der Waals surface area contributed by atoms with E-state index in [0.717, 1.165) is 16.1 Å². The van der Waals surface area contributed by atoms with E-state index >= 15 is 0 Å². The Hall–Kier alpha value is -3.93. The van der Waals surface area contributed by atoms with Gasteiger partial charge in [0.15, 0.2) is 12.5 Å². The molecule has 1 N–H and O–H groups in total. The van der Waals surface area contributed by atoms with E-state index in [4.69, 9.17) is 9.47 Å². The predicted molar refractivity (Wildman–Crippen MR) is 146 cm³/mol. The first-order valence-electron chi connectivity index (χ1n) is 12.2. The molecule has 1 heterocycles. The van der Waals surface area contributed by atoms with Crippen molar-refractivity contribution >= 4 is 45.1 Å². The summed E-state index contributed by atoms with van der Waals surface area (Å²) in [5.41, 5.74) is 1.92. The number of benzene rings is 2. The molecule has 39 heavy (non-hydrogen) atoms. The molecule has 0 saturated carbocycles. The molecule has 3 rings (SSSR count). The summed E-state index contributed by atoms with van der Waals surface area (Å²) in [4.78, 5) is 50.4. The smallest absolute Gasteiger partial charge is 0.328 e. The largest absolute Gasteiger partial charge is 0.496 e. The van der Waals surface area contributed by atoms with Crippen LogP contribution in [0, 0.1) is 0 Å². The van der Waals surface area contributed by atoms with Gasteiger partial charge in [0.25, 0.3) is 0 Å². The van der Waals surface area contributed by atoms with Gasteiger partial charge in [-0.1, -0.05) is 32.9 Å². The predicted octanol–water partition coefficient (Wildman–Crippen LogP) is 3.15. The van der Waals surface area contributed by atoms with Crippen molar-refractivity contribution in [1.82, 2.24) is 5.32 Å². The SMILES string of the molecule is COc1c(C(=O)Cc2ccc(N(COC(C)=O)S(C)(=O)=O)cc2)cc(N2CCC(=O)NC2=O)cc1C(C)(C)C. The van der Waals surface area contributed by atoms with Crippen LogP contribution < -0.4 is 19.3 Å². The van der Waals surface area contributed by atoms with Crippen molar-refractivity contribution in [3.63, 3.8) is 0 Å². The Bertz CT molecular complexity index is 1400. The summed E-state index contributed by atoms with van der Waals surface area (Å²) in [6.07, 6.45) is 1.11. The molecule has 12 heteroatoms. The van der Waals surface area contributed by atoms with Crippen molar-refractivity contribution < 1.29 is 37.1 Å². The number of anilines is 2. The Kier molecular flexibility index (Phi) is 8.69. The molecule has 3 amide bonds. The molecule has 0 bridgehead atoms. The van der Waals surface area contributed by atoms with Gasteiger partial charge in [0.05, 0.1) is 24.6 Å². The van der Waals surface area contributed by atoms with Gasteiger partial charge in [0.2, 0.25) is 15.9 Å². The van der Waals surface area contributed by atoms with Gasteiger partial charge in [0.1, 0.15) is 5.75 Å². The number of ether oxygens (including phenoxy) is 2. The maximum Gasteiger partial charge on any atom is 0.328 e. The number of ketones is 1. The summed E-state index contributed by atoms with van der Waals surface area (Å²) < 4.78 is 35.9. The number of carbonyl (C=O) groups excluding carboxylic acids is 4. The van der Waals surface area contributed by atoms with E-state index in [1.165, 1.54) is 31.1 Å². The van der Waals surface area contributed by atoms with Crippen LogP contribution in [-0.4, -0.2) is 58.7 Å². The molecule has 0 spiro atoms. The Balaban J connectivity index is 1.96. The van der Waals surface area contributed by atoms with Crippen LogP contribution >= 0.6 is 0 Å². The molecule has 1 aliphatic rings. The van der Waals surface area contributed by atoms with Gasteiger partial charge < -0.3 is 9.47 Å². The number of nitrogens with zero attached hydrogens (tertiary/aromatic N) is 2. The zero-order valence-corrected chi connectivity index (χ0v) is 23.7. The number of rotatable bonds is 9. The van der Waals surface area contributed by atoms with Crippen LogP contribution in [0.1, 0.15) is 55.6 Å². The minimum Gasteiger partial charge on any atom is -0.496 e. The van der Waals surface area contributed by atoms with E-state index in [0.29, 0.717) is 17.0 Å². The van der Waals surface area contributed by atoms with Gasteiger partial charge in [-0.2, -0.15) is 0 Å². The molecule has 2 aromatic carbocycles. The normalized spacial score (nSPS) is 14.1. The van der Waals surface area contributed by atoms with E-state index in [1.54, 1.807) is 24.3 Å². The number of hydrogen-bond donors (Lipinski definition) is 1. The second-order valence-electron chi connectivity index (χ2n) is 10.2. The fourth-order valence-electron chi connectivity index (χ4n) is 4.14. The van der Waals surface area contributed by atoms with E-state index in [-0.39, 0.29) is 42.3 Å². The molecule has 1 fully saturated rings. The van der Waals surface area contributed by atoms with Gasteiger partial charge >= 0.3 is 12.0 Å². The number of carbonyl (C=O) groups is 4. The molecule has 0 unspecified atom stereocenters. The topological polar surface area (TPSA) is 139 Å². The number of Topliss-reactive ketones (excluding diaryl/α,β-unsaturated/α-hetero) is 1. The Labute approximate surface area is 228 Å². The number of sulfonamides is 1. The number of methoxy groups -OCH3 is 1. The van der Waals surface area contributed by atoms with Crippen LogP contribution in [0.4, 0.5) is 16.2 Å². The first-order chi connectivity index (χ1) is 18.1. The van der Waals surface area contributed by atoms with Crippen LogP contribution in [0.15, 0.2) is 36.4 Å². The summed E-state index contributed by atoms with van der Waals surface area (Å²) in [6.45, 7) is 6.78. The van der Waals surface area contributed by atoms with E-state index in [2.05, 4.69) is 5.32 Å². The first kappa shape index (κ1) is 29.6. The summed E-state index contributed by atoms with van der Waals surface area (Å²) in [5, 5.41) is 2.30. The van der Waals surface area contributed by atoms with Gasteiger partial charge in [-0.25, -0.2) is 17.5 Å². The molecule has 0 aromatic heterocycles. The Morgan fingerprint density at radius 1 is 1.10 bits per heavy atom. The van der Waals surface area contributed by atoms with Crippen LogP contribution in [-0.2, 0) is 36.2 Å². The number of amides is 3. The molecular formula is C27H33N3O8S. The van der Waals surface area contributed by atoms with E-state index < -0.39 is 34.2 Å². The second kappa shape index (κ2) is 11.4. The molecule has 0 radical (unpaired) electrons. The van der Waals surface area contributed by atoms with Crippen molar-refractivity contribution in [2.75, 3.05) is 35.8 Å². The molecular weight excluding hydrogens is 526 g/mol. The highest BCUT2D eigenvalue weighted by Gasteiger charge is 2.30. The monoisotopic (exact) mass is 559 g/mol. The van der Waals surface area contributed by atoms with Crippen molar-refractivity contribution in [3.05, 3.63) is 53.1 Å². The first-order valence-corrected chi connectivity index (χ1v) is 14.0. The summed E-state index contributed by atoms with van der Waals surface area (Å²) in [6, 6.07) is 9.10. The average Bonchev–Trinajstić information content (AvgIpc) is 2.82. The molecule has 0 atom stereocenters. The van der Waals surface area contributed by atoms with Gasteiger partial charge in [-0.3, -0.25) is 24.6 Å². The molecule has 11 nitrogen and oxygen atoms in total. The van der Waals surface area contributed by atoms with Crippen LogP contribution in [0.5, 0.6) is 5.75 Å². The third-order valence-electron chi connectivity index (χ3n) is 6.13. The van der Waals surface area contributed by atoms with Gasteiger partial charge in [0, 0.05) is 37.6 Å². The lowest BCUT2D eigenvalue weighted by molar-refractivity contribution is -0.140. The molecule has 0 aliphatic carbocycles. The highest BCUT2D eigenvalue weighted by atomic mass is 32.2. The van der Waals surface area contributed by atoms with Crippen molar-refractivity contribution in [2.45, 2.75) is 46.0 Å². The number of hydrogen-bond acceptors (Lipinski definition) is 8. The van der Waals surface area contributed by atoms with Crippen LogP contribution in [0.2, 0.25) is 0 Å². The highest BCUT2D eigenvalue weighted by molar-refractivity contribution is 7.92. The van der Waals surface area contributed by atoms with Crippen molar-refractivity contribution in [2.24, 2.45) is 0 Å². The second-order valence-corrected chi connectivity index (χ2v) is 12.1. The fraction of sp³-hybridized carbons (Fsp3) is 0.407.